The number of nitrogens with one attached hydrogen (secondary N) is 1. The van der Waals surface area contributed by atoms with Crippen LogP contribution >= 0.6 is 0 Å². The molecule has 0 bridgehead atoms. The van der Waals surface area contributed by atoms with Crippen molar-refractivity contribution in [1.82, 2.24) is 15.4 Å². The van der Waals surface area contributed by atoms with Gasteiger partial charge < -0.3 is 10.5 Å². The van der Waals surface area contributed by atoms with Crippen molar-refractivity contribution in [3.8, 4) is 22.4 Å². The van der Waals surface area contributed by atoms with Crippen molar-refractivity contribution < 1.29 is 14.7 Å². The van der Waals surface area contributed by atoms with Crippen molar-refractivity contribution in [1.29, 1.82) is 0 Å². The smallest absolute Gasteiger partial charge is 0.274 e. The number of nitrogen functional groups attached to an aromatic ring is 1. The first-order chi connectivity index (χ1) is 14.6. The Labute approximate surface area is 175 Å². The van der Waals surface area contributed by atoms with Crippen LogP contribution in [0.15, 0.2) is 60.7 Å². The van der Waals surface area contributed by atoms with Crippen molar-refractivity contribution >= 4 is 11.7 Å². The number of hydrogen-bond acceptors (Lipinski definition) is 6. The number of aromatic nitrogens is 1. The molecule has 1 saturated heterocycles. The summed E-state index contributed by atoms with van der Waals surface area (Å²) in [4.78, 5) is 18.4. The monoisotopic (exact) mass is 404 g/mol. The Morgan fingerprint density at radius 2 is 1.60 bits per heavy atom. The molecule has 3 aromatic rings. The normalized spacial score (nSPS) is 14.4. The lowest BCUT2D eigenvalue weighted by Gasteiger charge is -2.26. The molecular formula is C23H24N4O3. The van der Waals surface area contributed by atoms with E-state index < -0.39 is 5.91 Å². The Bertz CT molecular complexity index is 1010. The minimum Gasteiger partial charge on any atom is -0.384 e. The SMILES string of the molecule is Nc1cc(C(=O)NO)cc(-c2ccc(-c3ccc(CN4CCOCC4)cc3)cc2)n1. The zero-order valence-electron chi connectivity index (χ0n) is 16.5. The standard InChI is InChI=1S/C23H24N4O3/c24-22-14-20(23(28)26-29)13-21(25-22)19-7-5-18(6-8-19)17-3-1-16(2-4-17)15-27-9-11-30-12-10-27/h1-8,13-14,29H,9-12,15H2,(H2,24,25)(H,26,28). The lowest BCUT2D eigenvalue weighted by atomic mass is 10.0. The highest BCUT2D eigenvalue weighted by molar-refractivity contribution is 5.95. The summed E-state index contributed by atoms with van der Waals surface area (Å²) in [6.07, 6.45) is 0. The maximum Gasteiger partial charge on any atom is 0.274 e. The summed E-state index contributed by atoms with van der Waals surface area (Å²) in [7, 11) is 0. The van der Waals surface area contributed by atoms with Crippen LogP contribution in [0.2, 0.25) is 0 Å². The maximum absolute atomic E-state index is 11.7. The molecule has 0 spiro atoms. The van der Waals surface area contributed by atoms with E-state index in [1.807, 2.05) is 24.3 Å². The van der Waals surface area contributed by atoms with Crippen LogP contribution in [0.5, 0.6) is 0 Å². The van der Waals surface area contributed by atoms with E-state index in [-0.39, 0.29) is 11.4 Å². The Morgan fingerprint density at radius 3 is 2.23 bits per heavy atom. The van der Waals surface area contributed by atoms with Gasteiger partial charge in [0.2, 0.25) is 0 Å². The largest absolute Gasteiger partial charge is 0.384 e. The number of morpholine rings is 1. The van der Waals surface area contributed by atoms with Gasteiger partial charge in [0, 0.05) is 30.8 Å². The zero-order valence-corrected chi connectivity index (χ0v) is 16.5. The quantitative estimate of drug-likeness (QED) is 0.447. The van der Waals surface area contributed by atoms with Crippen LogP contribution in [0.1, 0.15) is 15.9 Å². The third-order valence-electron chi connectivity index (χ3n) is 5.19. The molecule has 4 N–H and O–H groups in total. The summed E-state index contributed by atoms with van der Waals surface area (Å²) in [5.41, 5.74) is 12.6. The molecule has 7 nitrogen and oxygen atoms in total. The summed E-state index contributed by atoms with van der Waals surface area (Å²) < 4.78 is 5.40. The molecule has 2 heterocycles. The second kappa shape index (κ2) is 9.04. The molecule has 1 fully saturated rings. The van der Waals surface area contributed by atoms with Gasteiger partial charge in [-0.05, 0) is 28.8 Å². The molecular weight excluding hydrogens is 380 g/mol. The van der Waals surface area contributed by atoms with Gasteiger partial charge in [-0.3, -0.25) is 14.9 Å². The van der Waals surface area contributed by atoms with Gasteiger partial charge >= 0.3 is 0 Å². The molecule has 1 aromatic heterocycles. The van der Waals surface area contributed by atoms with Crippen molar-refractivity contribution in [2.75, 3.05) is 32.0 Å². The van der Waals surface area contributed by atoms with Crippen LogP contribution in [0.25, 0.3) is 22.4 Å². The number of nitrogens with zero attached hydrogens (tertiary/aromatic N) is 2. The van der Waals surface area contributed by atoms with E-state index in [1.165, 1.54) is 11.6 Å². The summed E-state index contributed by atoms with van der Waals surface area (Å²) >= 11 is 0. The third-order valence-corrected chi connectivity index (χ3v) is 5.19. The molecule has 0 saturated carbocycles. The first-order valence-electron chi connectivity index (χ1n) is 9.84. The fraction of sp³-hybridized carbons (Fsp3) is 0.217. The van der Waals surface area contributed by atoms with Crippen LogP contribution < -0.4 is 11.2 Å². The molecule has 0 atom stereocenters. The number of nitrogens with two attached hydrogens (primary N) is 1. The van der Waals surface area contributed by atoms with Crippen LogP contribution in [0.3, 0.4) is 0 Å². The van der Waals surface area contributed by atoms with Crippen LogP contribution in [-0.4, -0.2) is 47.3 Å². The number of amides is 1. The molecule has 154 valence electrons. The van der Waals surface area contributed by atoms with Crippen molar-refractivity contribution in [2.24, 2.45) is 0 Å². The van der Waals surface area contributed by atoms with Crippen molar-refractivity contribution in [2.45, 2.75) is 6.54 Å². The van der Waals surface area contributed by atoms with E-state index in [0.29, 0.717) is 5.69 Å². The van der Waals surface area contributed by atoms with E-state index in [1.54, 1.807) is 11.5 Å². The molecule has 30 heavy (non-hydrogen) atoms. The van der Waals surface area contributed by atoms with Gasteiger partial charge in [0.25, 0.3) is 5.91 Å². The Kier molecular flexibility index (Phi) is 6.04. The van der Waals surface area contributed by atoms with Gasteiger partial charge in [0.1, 0.15) is 5.82 Å². The number of rotatable bonds is 5. The Hall–Kier alpha value is -3.26. The lowest BCUT2D eigenvalue weighted by Crippen LogP contribution is -2.35. The first kappa shape index (κ1) is 20.0. The molecule has 0 unspecified atom stereocenters. The second-order valence-electron chi connectivity index (χ2n) is 7.27. The van der Waals surface area contributed by atoms with Gasteiger partial charge in [0.15, 0.2) is 0 Å². The number of hydrogen-bond donors (Lipinski definition) is 3. The fourth-order valence-electron chi connectivity index (χ4n) is 3.55. The highest BCUT2D eigenvalue weighted by Crippen LogP contribution is 2.26. The van der Waals surface area contributed by atoms with Crippen LogP contribution in [0, 0.1) is 0 Å². The summed E-state index contributed by atoms with van der Waals surface area (Å²) in [6, 6.07) is 19.5. The molecule has 2 aromatic carbocycles. The van der Waals surface area contributed by atoms with Gasteiger partial charge in [0.05, 0.1) is 18.9 Å². The Balaban J connectivity index is 1.49. The number of carbonyl (C=O) groups excluding carboxylic acids is 1. The fourth-order valence-corrected chi connectivity index (χ4v) is 3.55. The number of pyridine rings is 1. The highest BCUT2D eigenvalue weighted by Gasteiger charge is 2.11. The minimum absolute atomic E-state index is 0.214. The predicted molar refractivity (Wildman–Crippen MR) is 115 cm³/mol. The number of carbonyl (C=O) groups is 1. The maximum atomic E-state index is 11.7. The van der Waals surface area contributed by atoms with Gasteiger partial charge in [-0.1, -0.05) is 48.5 Å². The number of hydroxylamine groups is 1. The van der Waals surface area contributed by atoms with E-state index in [0.717, 1.165) is 49.5 Å². The molecule has 1 aliphatic heterocycles. The summed E-state index contributed by atoms with van der Waals surface area (Å²) in [5, 5.41) is 8.85. The van der Waals surface area contributed by atoms with Gasteiger partial charge in [-0.25, -0.2) is 10.5 Å². The average molecular weight is 404 g/mol. The Morgan fingerprint density at radius 1 is 1.00 bits per heavy atom. The van der Waals surface area contributed by atoms with Gasteiger partial charge in [-0.15, -0.1) is 0 Å². The minimum atomic E-state index is -0.626. The lowest BCUT2D eigenvalue weighted by molar-refractivity contribution is 0.0342. The van der Waals surface area contributed by atoms with Crippen LogP contribution in [0.4, 0.5) is 5.82 Å². The number of anilines is 1. The molecule has 0 aliphatic carbocycles. The second-order valence-corrected chi connectivity index (χ2v) is 7.27. The zero-order chi connectivity index (χ0) is 20.9. The van der Waals surface area contributed by atoms with Crippen molar-refractivity contribution in [3.63, 3.8) is 0 Å². The summed E-state index contributed by atoms with van der Waals surface area (Å²) in [5.74, 6) is -0.412. The number of ether oxygens (including phenoxy) is 1. The average Bonchev–Trinajstić information content (AvgIpc) is 2.79. The van der Waals surface area contributed by atoms with E-state index in [9.17, 15) is 4.79 Å². The molecule has 1 aliphatic rings. The molecule has 7 heteroatoms. The van der Waals surface area contributed by atoms with Crippen LogP contribution in [-0.2, 0) is 11.3 Å². The van der Waals surface area contributed by atoms with E-state index in [4.69, 9.17) is 15.7 Å². The van der Waals surface area contributed by atoms with E-state index in [2.05, 4.69) is 34.1 Å². The first-order valence-corrected chi connectivity index (χ1v) is 9.84. The summed E-state index contributed by atoms with van der Waals surface area (Å²) in [6.45, 7) is 4.50. The predicted octanol–water partition coefficient (Wildman–Crippen LogP) is 2.95. The van der Waals surface area contributed by atoms with E-state index >= 15 is 0 Å². The molecule has 0 radical (unpaired) electrons. The molecule has 1 amide bonds. The third kappa shape index (κ3) is 4.65. The van der Waals surface area contributed by atoms with Crippen molar-refractivity contribution in [3.05, 3.63) is 71.8 Å². The molecule has 4 rings (SSSR count). The van der Waals surface area contributed by atoms with Gasteiger partial charge in [-0.2, -0.15) is 0 Å². The number of benzene rings is 2. The topological polar surface area (TPSA) is 101 Å². The highest BCUT2D eigenvalue weighted by atomic mass is 16.5.